The zero-order valence-corrected chi connectivity index (χ0v) is 12.2. The standard InChI is InChI=1S/C14H29NO2/c1-10(2)13(11(3)4)9-15-14(16)8-7-12(5)17-6/h10-13H,7-9H2,1-6H3,(H,15,16). The number of carbonyl (C=O) groups is 1. The molecule has 0 radical (unpaired) electrons. The van der Waals surface area contributed by atoms with Gasteiger partial charge in [-0.2, -0.15) is 0 Å². The summed E-state index contributed by atoms with van der Waals surface area (Å²) in [6.07, 6.45) is 1.50. The van der Waals surface area contributed by atoms with E-state index in [0.717, 1.165) is 13.0 Å². The van der Waals surface area contributed by atoms with E-state index >= 15 is 0 Å². The lowest BCUT2D eigenvalue weighted by Gasteiger charge is -2.25. The third-order valence-electron chi connectivity index (χ3n) is 3.43. The molecule has 1 unspecified atom stereocenters. The Hall–Kier alpha value is -0.570. The fraction of sp³-hybridized carbons (Fsp3) is 0.929. The van der Waals surface area contributed by atoms with Gasteiger partial charge in [0, 0.05) is 20.1 Å². The Kier molecular flexibility index (Phi) is 8.23. The monoisotopic (exact) mass is 243 g/mol. The zero-order chi connectivity index (χ0) is 13.4. The van der Waals surface area contributed by atoms with E-state index in [1.165, 1.54) is 0 Å². The van der Waals surface area contributed by atoms with Crippen LogP contribution in [0.1, 0.15) is 47.5 Å². The molecule has 0 saturated heterocycles. The van der Waals surface area contributed by atoms with E-state index in [-0.39, 0.29) is 12.0 Å². The highest BCUT2D eigenvalue weighted by Crippen LogP contribution is 2.19. The Morgan fingerprint density at radius 3 is 2.06 bits per heavy atom. The molecule has 3 nitrogen and oxygen atoms in total. The molecule has 0 aliphatic heterocycles. The number of amides is 1. The Bertz CT molecular complexity index is 206. The second kappa shape index (κ2) is 8.51. The molecule has 0 aliphatic rings. The van der Waals surface area contributed by atoms with Gasteiger partial charge in [0.25, 0.3) is 0 Å². The number of carbonyl (C=O) groups excluding carboxylic acids is 1. The van der Waals surface area contributed by atoms with Crippen LogP contribution >= 0.6 is 0 Å². The zero-order valence-electron chi connectivity index (χ0n) is 12.2. The normalized spacial score (nSPS) is 13.5. The van der Waals surface area contributed by atoms with E-state index in [2.05, 4.69) is 33.0 Å². The molecular weight excluding hydrogens is 214 g/mol. The van der Waals surface area contributed by atoms with Crippen molar-refractivity contribution < 1.29 is 9.53 Å². The average molecular weight is 243 g/mol. The summed E-state index contributed by atoms with van der Waals surface area (Å²) in [7, 11) is 1.68. The smallest absolute Gasteiger partial charge is 0.220 e. The minimum Gasteiger partial charge on any atom is -0.382 e. The number of methoxy groups -OCH3 is 1. The van der Waals surface area contributed by atoms with Gasteiger partial charge in [-0.15, -0.1) is 0 Å². The van der Waals surface area contributed by atoms with Gasteiger partial charge in [-0.3, -0.25) is 4.79 Å². The van der Waals surface area contributed by atoms with Gasteiger partial charge in [0.05, 0.1) is 6.10 Å². The molecule has 17 heavy (non-hydrogen) atoms. The molecule has 0 saturated carbocycles. The maximum atomic E-state index is 11.6. The maximum absolute atomic E-state index is 11.6. The molecule has 102 valence electrons. The number of hydrogen-bond acceptors (Lipinski definition) is 2. The summed E-state index contributed by atoms with van der Waals surface area (Å²) < 4.78 is 5.12. The van der Waals surface area contributed by atoms with E-state index in [0.29, 0.717) is 24.2 Å². The van der Waals surface area contributed by atoms with Gasteiger partial charge in [-0.25, -0.2) is 0 Å². The Morgan fingerprint density at radius 2 is 1.65 bits per heavy atom. The van der Waals surface area contributed by atoms with Crippen molar-refractivity contribution in [1.82, 2.24) is 5.32 Å². The first-order valence-corrected chi connectivity index (χ1v) is 6.68. The second-order valence-corrected chi connectivity index (χ2v) is 5.54. The van der Waals surface area contributed by atoms with Crippen LogP contribution in [0.5, 0.6) is 0 Å². The Labute approximate surface area is 106 Å². The first kappa shape index (κ1) is 16.4. The molecule has 1 N–H and O–H groups in total. The predicted molar refractivity (Wildman–Crippen MR) is 71.9 cm³/mol. The lowest BCUT2D eigenvalue weighted by atomic mass is 9.85. The lowest BCUT2D eigenvalue weighted by Crippen LogP contribution is -2.34. The first-order chi connectivity index (χ1) is 7.88. The summed E-state index contributed by atoms with van der Waals surface area (Å²) in [4.78, 5) is 11.6. The van der Waals surface area contributed by atoms with Crippen molar-refractivity contribution in [3.05, 3.63) is 0 Å². The molecule has 0 spiro atoms. The quantitative estimate of drug-likeness (QED) is 0.712. The van der Waals surface area contributed by atoms with Gasteiger partial charge in [-0.05, 0) is 31.1 Å². The molecule has 0 bridgehead atoms. The molecule has 1 atom stereocenters. The molecule has 0 aromatic carbocycles. The molecule has 0 aromatic heterocycles. The predicted octanol–water partition coefficient (Wildman–Crippen LogP) is 2.85. The van der Waals surface area contributed by atoms with Gasteiger partial charge in [0.1, 0.15) is 0 Å². The number of rotatable bonds is 8. The lowest BCUT2D eigenvalue weighted by molar-refractivity contribution is -0.122. The second-order valence-electron chi connectivity index (χ2n) is 5.54. The van der Waals surface area contributed by atoms with Crippen LogP contribution in [0.3, 0.4) is 0 Å². The molecule has 0 rings (SSSR count). The van der Waals surface area contributed by atoms with Crippen LogP contribution < -0.4 is 5.32 Å². The van der Waals surface area contributed by atoms with Crippen LogP contribution in [0.4, 0.5) is 0 Å². The number of ether oxygens (including phenoxy) is 1. The Balaban J connectivity index is 3.89. The summed E-state index contributed by atoms with van der Waals surface area (Å²) in [5.74, 6) is 1.90. The minimum absolute atomic E-state index is 0.139. The van der Waals surface area contributed by atoms with Crippen molar-refractivity contribution in [3.8, 4) is 0 Å². The van der Waals surface area contributed by atoms with Crippen LogP contribution in [0.25, 0.3) is 0 Å². The molecule has 0 heterocycles. The summed E-state index contributed by atoms with van der Waals surface area (Å²) in [5, 5.41) is 3.03. The van der Waals surface area contributed by atoms with Crippen molar-refractivity contribution in [3.63, 3.8) is 0 Å². The molecule has 1 amide bonds. The molecule has 0 aromatic rings. The van der Waals surface area contributed by atoms with Gasteiger partial charge in [0.15, 0.2) is 0 Å². The van der Waals surface area contributed by atoms with E-state index in [1.807, 2.05) is 6.92 Å². The van der Waals surface area contributed by atoms with Crippen LogP contribution in [0.15, 0.2) is 0 Å². The highest BCUT2D eigenvalue weighted by Gasteiger charge is 2.18. The van der Waals surface area contributed by atoms with Gasteiger partial charge in [-0.1, -0.05) is 27.7 Å². The third kappa shape index (κ3) is 7.37. The third-order valence-corrected chi connectivity index (χ3v) is 3.43. The van der Waals surface area contributed by atoms with Gasteiger partial charge >= 0.3 is 0 Å². The summed E-state index contributed by atoms with van der Waals surface area (Å²) >= 11 is 0. The van der Waals surface area contributed by atoms with E-state index < -0.39 is 0 Å². The van der Waals surface area contributed by atoms with Crippen LogP contribution in [0.2, 0.25) is 0 Å². The SMILES string of the molecule is COC(C)CCC(=O)NCC(C(C)C)C(C)C. The average Bonchev–Trinajstić information content (AvgIpc) is 2.25. The number of nitrogens with one attached hydrogen (secondary N) is 1. The van der Waals surface area contributed by atoms with Crippen molar-refractivity contribution >= 4 is 5.91 Å². The molecule has 0 fully saturated rings. The van der Waals surface area contributed by atoms with E-state index in [4.69, 9.17) is 4.74 Å². The maximum Gasteiger partial charge on any atom is 0.220 e. The van der Waals surface area contributed by atoms with E-state index in [9.17, 15) is 4.79 Å². The van der Waals surface area contributed by atoms with Crippen LogP contribution in [0, 0.1) is 17.8 Å². The Morgan fingerprint density at radius 1 is 1.12 bits per heavy atom. The topological polar surface area (TPSA) is 38.3 Å². The van der Waals surface area contributed by atoms with Crippen molar-refractivity contribution in [1.29, 1.82) is 0 Å². The fourth-order valence-corrected chi connectivity index (χ4v) is 2.01. The molecule has 3 heteroatoms. The highest BCUT2D eigenvalue weighted by molar-refractivity contribution is 5.75. The van der Waals surface area contributed by atoms with Gasteiger partial charge < -0.3 is 10.1 Å². The largest absolute Gasteiger partial charge is 0.382 e. The van der Waals surface area contributed by atoms with Crippen molar-refractivity contribution in [2.75, 3.05) is 13.7 Å². The fourth-order valence-electron chi connectivity index (χ4n) is 2.01. The van der Waals surface area contributed by atoms with Crippen molar-refractivity contribution in [2.45, 2.75) is 53.6 Å². The first-order valence-electron chi connectivity index (χ1n) is 6.68. The minimum atomic E-state index is 0.139. The summed E-state index contributed by atoms with van der Waals surface area (Å²) in [5.41, 5.74) is 0. The van der Waals surface area contributed by atoms with Crippen LogP contribution in [-0.2, 0) is 9.53 Å². The summed E-state index contributed by atoms with van der Waals surface area (Å²) in [6, 6.07) is 0. The highest BCUT2D eigenvalue weighted by atomic mass is 16.5. The summed E-state index contributed by atoms with van der Waals surface area (Å²) in [6.45, 7) is 11.6. The number of hydrogen-bond donors (Lipinski definition) is 1. The molecule has 0 aliphatic carbocycles. The van der Waals surface area contributed by atoms with Crippen molar-refractivity contribution in [2.24, 2.45) is 17.8 Å². The van der Waals surface area contributed by atoms with Crippen LogP contribution in [-0.4, -0.2) is 25.7 Å². The van der Waals surface area contributed by atoms with E-state index in [1.54, 1.807) is 7.11 Å². The molecular formula is C14H29NO2. The van der Waals surface area contributed by atoms with Gasteiger partial charge in [0.2, 0.25) is 5.91 Å².